The number of rotatable bonds is 6. The Labute approximate surface area is 215 Å². The average Bonchev–Trinajstić information content (AvgIpc) is 3.54. The quantitative estimate of drug-likeness (QED) is 0.416. The number of hydrogen-bond acceptors (Lipinski definition) is 7. The molecule has 9 nitrogen and oxygen atoms in total. The molecule has 0 bridgehead atoms. The van der Waals surface area contributed by atoms with E-state index in [4.69, 9.17) is 20.2 Å². The summed E-state index contributed by atoms with van der Waals surface area (Å²) in [4.78, 5) is 24.2. The number of para-hydroxylation sites is 1. The highest BCUT2D eigenvalue weighted by Gasteiger charge is 2.32. The summed E-state index contributed by atoms with van der Waals surface area (Å²) in [6.07, 6.45) is 6.17. The first-order chi connectivity index (χ1) is 18.1. The summed E-state index contributed by atoms with van der Waals surface area (Å²) in [5.74, 6) is 2.98. The molecular weight excluding hydrogens is 468 g/mol. The molecule has 1 unspecified atom stereocenters. The number of hydrogen-bond donors (Lipinski definition) is 2. The maximum Gasteiger partial charge on any atom is 0.260 e. The molecule has 1 atom stereocenters. The van der Waals surface area contributed by atoms with Gasteiger partial charge in [0.05, 0.1) is 18.8 Å². The largest absolute Gasteiger partial charge is 0.497 e. The molecule has 0 saturated carbocycles. The first-order valence-corrected chi connectivity index (χ1v) is 12.6. The molecule has 2 aromatic carbocycles. The van der Waals surface area contributed by atoms with Crippen LogP contribution in [0.4, 0.5) is 11.5 Å². The van der Waals surface area contributed by atoms with Crippen LogP contribution >= 0.6 is 0 Å². The predicted molar refractivity (Wildman–Crippen MR) is 141 cm³/mol. The first kappa shape index (κ1) is 23.1. The van der Waals surface area contributed by atoms with E-state index in [2.05, 4.69) is 32.9 Å². The van der Waals surface area contributed by atoms with Gasteiger partial charge in [-0.25, -0.2) is 9.97 Å². The van der Waals surface area contributed by atoms with Gasteiger partial charge in [-0.3, -0.25) is 9.20 Å². The zero-order valence-electron chi connectivity index (χ0n) is 20.8. The number of aromatic nitrogens is 3. The Balaban J connectivity index is 1.16. The number of fused-ring (bicyclic) bond motifs is 2. The van der Waals surface area contributed by atoms with Crippen LogP contribution in [0, 0.1) is 0 Å². The van der Waals surface area contributed by atoms with Crippen molar-refractivity contribution in [2.75, 3.05) is 37.9 Å². The van der Waals surface area contributed by atoms with Crippen LogP contribution in [0.1, 0.15) is 41.9 Å². The number of benzene rings is 2. The molecule has 2 aromatic heterocycles. The van der Waals surface area contributed by atoms with Crippen molar-refractivity contribution in [2.24, 2.45) is 0 Å². The zero-order chi connectivity index (χ0) is 25.4. The molecule has 0 radical (unpaired) electrons. The molecule has 190 valence electrons. The van der Waals surface area contributed by atoms with Gasteiger partial charge in [-0.15, -0.1) is 0 Å². The van der Waals surface area contributed by atoms with Crippen molar-refractivity contribution in [2.45, 2.75) is 31.2 Å². The van der Waals surface area contributed by atoms with Crippen molar-refractivity contribution in [3.8, 4) is 11.5 Å². The Kier molecular flexibility index (Phi) is 6.04. The monoisotopic (exact) mass is 498 g/mol. The lowest BCUT2D eigenvalue weighted by molar-refractivity contribution is -0.134. The van der Waals surface area contributed by atoms with E-state index in [-0.39, 0.29) is 24.5 Å². The third-order valence-corrected chi connectivity index (χ3v) is 7.35. The number of nitrogens with zero attached hydrogens (tertiary/aromatic N) is 4. The molecule has 2 aliphatic rings. The van der Waals surface area contributed by atoms with Gasteiger partial charge in [-0.1, -0.05) is 24.3 Å². The van der Waals surface area contributed by atoms with Gasteiger partial charge in [0.2, 0.25) is 0 Å². The molecule has 1 fully saturated rings. The Morgan fingerprint density at radius 2 is 1.95 bits per heavy atom. The van der Waals surface area contributed by atoms with Crippen molar-refractivity contribution in [3.63, 3.8) is 0 Å². The summed E-state index contributed by atoms with van der Waals surface area (Å²) in [5.41, 5.74) is 10.6. The topological polar surface area (TPSA) is 107 Å². The van der Waals surface area contributed by atoms with Gasteiger partial charge in [-0.05, 0) is 36.6 Å². The molecule has 3 N–H and O–H groups in total. The van der Waals surface area contributed by atoms with E-state index >= 15 is 0 Å². The minimum Gasteiger partial charge on any atom is -0.497 e. The second-order valence-electron chi connectivity index (χ2n) is 9.57. The second kappa shape index (κ2) is 9.65. The van der Waals surface area contributed by atoms with Crippen LogP contribution < -0.4 is 20.5 Å². The van der Waals surface area contributed by atoms with E-state index in [9.17, 15) is 4.79 Å². The highest BCUT2D eigenvalue weighted by atomic mass is 16.5. The third kappa shape index (κ3) is 4.41. The number of nitrogens with two attached hydrogens (primary N) is 1. The van der Waals surface area contributed by atoms with E-state index in [0.717, 1.165) is 42.0 Å². The predicted octanol–water partition coefficient (Wildman–Crippen LogP) is 3.81. The number of anilines is 2. The summed E-state index contributed by atoms with van der Waals surface area (Å²) >= 11 is 0. The number of amides is 1. The standard InChI is InChI=1S/C28H30N6O3/c1-36-20-6-4-7-21(16-20)37-17-24(35)33-12-9-18(10-13-33)28-32-25(26-27(29)30-11-14-34(26)28)23-15-19-5-2-3-8-22(19)31-23/h2-8,11,14,16,18,23,31H,9-10,12-13,15,17H2,1H3,(H2,29,30). The number of methoxy groups -OCH3 is 1. The molecular formula is C28H30N6O3. The summed E-state index contributed by atoms with van der Waals surface area (Å²) in [7, 11) is 1.61. The van der Waals surface area contributed by atoms with Crippen LogP contribution in [0.2, 0.25) is 0 Å². The number of carbonyl (C=O) groups is 1. The third-order valence-electron chi connectivity index (χ3n) is 7.35. The first-order valence-electron chi connectivity index (χ1n) is 12.6. The summed E-state index contributed by atoms with van der Waals surface area (Å²) in [6, 6.07) is 15.7. The second-order valence-corrected chi connectivity index (χ2v) is 9.57. The van der Waals surface area contributed by atoms with Gasteiger partial charge in [0.25, 0.3) is 5.91 Å². The van der Waals surface area contributed by atoms with Crippen LogP contribution in [-0.4, -0.2) is 52.0 Å². The highest BCUT2D eigenvalue weighted by Crippen LogP contribution is 2.38. The average molecular weight is 499 g/mol. The SMILES string of the molecule is COc1cccc(OCC(=O)N2CCC(c3nc(C4Cc5ccccc5N4)c4c(N)nccn34)CC2)c1. The number of imidazole rings is 1. The van der Waals surface area contributed by atoms with E-state index in [1.807, 2.05) is 35.4 Å². The van der Waals surface area contributed by atoms with Crippen molar-refractivity contribution in [1.29, 1.82) is 0 Å². The number of nitrogens with one attached hydrogen (secondary N) is 1. The number of nitrogen functional groups attached to an aromatic ring is 1. The molecule has 9 heteroatoms. The van der Waals surface area contributed by atoms with Crippen molar-refractivity contribution in [1.82, 2.24) is 19.3 Å². The zero-order valence-corrected chi connectivity index (χ0v) is 20.8. The van der Waals surface area contributed by atoms with Crippen LogP contribution in [-0.2, 0) is 11.2 Å². The Bertz CT molecular complexity index is 1420. The van der Waals surface area contributed by atoms with E-state index in [0.29, 0.717) is 30.4 Å². The van der Waals surface area contributed by atoms with Crippen LogP contribution in [0.25, 0.3) is 5.52 Å². The Morgan fingerprint density at radius 1 is 1.14 bits per heavy atom. The maximum absolute atomic E-state index is 12.8. The number of piperidine rings is 1. The fraction of sp³-hybridized carbons (Fsp3) is 0.321. The summed E-state index contributed by atoms with van der Waals surface area (Å²) in [5, 5.41) is 3.61. The lowest BCUT2D eigenvalue weighted by atomic mass is 9.96. The fourth-order valence-electron chi connectivity index (χ4n) is 5.42. The number of ether oxygens (including phenoxy) is 2. The smallest absolute Gasteiger partial charge is 0.260 e. The van der Waals surface area contributed by atoms with Crippen molar-refractivity contribution in [3.05, 3.63) is 78.0 Å². The van der Waals surface area contributed by atoms with Gasteiger partial charge in [0.1, 0.15) is 28.7 Å². The van der Waals surface area contributed by atoms with Crippen LogP contribution in [0.3, 0.4) is 0 Å². The fourth-order valence-corrected chi connectivity index (χ4v) is 5.42. The highest BCUT2D eigenvalue weighted by molar-refractivity contribution is 5.78. The number of carbonyl (C=O) groups excluding carboxylic acids is 1. The Hall–Kier alpha value is -4.27. The normalized spacial score (nSPS) is 17.4. The van der Waals surface area contributed by atoms with Crippen molar-refractivity contribution < 1.29 is 14.3 Å². The van der Waals surface area contributed by atoms with Crippen LogP contribution in [0.15, 0.2) is 60.9 Å². The van der Waals surface area contributed by atoms with Crippen LogP contribution in [0.5, 0.6) is 11.5 Å². The van der Waals surface area contributed by atoms with Gasteiger partial charge in [0.15, 0.2) is 6.61 Å². The van der Waals surface area contributed by atoms with Gasteiger partial charge in [-0.2, -0.15) is 0 Å². The van der Waals surface area contributed by atoms with Crippen molar-refractivity contribution >= 4 is 22.9 Å². The molecule has 1 amide bonds. The molecule has 0 aliphatic carbocycles. The summed E-state index contributed by atoms with van der Waals surface area (Å²) in [6.45, 7) is 1.32. The lowest BCUT2D eigenvalue weighted by Crippen LogP contribution is -2.40. The minimum absolute atomic E-state index is 0.00437. The Morgan fingerprint density at radius 3 is 2.76 bits per heavy atom. The van der Waals surface area contributed by atoms with E-state index in [1.54, 1.807) is 19.4 Å². The molecule has 6 rings (SSSR count). The maximum atomic E-state index is 12.8. The molecule has 4 heterocycles. The van der Waals surface area contributed by atoms with Gasteiger partial charge >= 0.3 is 0 Å². The lowest BCUT2D eigenvalue weighted by Gasteiger charge is -2.31. The van der Waals surface area contributed by atoms with Gasteiger partial charge < -0.3 is 25.4 Å². The molecule has 1 saturated heterocycles. The molecule has 2 aliphatic heterocycles. The number of likely N-dealkylation sites (tertiary alicyclic amines) is 1. The molecule has 37 heavy (non-hydrogen) atoms. The van der Waals surface area contributed by atoms with E-state index < -0.39 is 0 Å². The van der Waals surface area contributed by atoms with E-state index in [1.165, 1.54) is 5.56 Å². The van der Waals surface area contributed by atoms with Gasteiger partial charge in [0, 0.05) is 49.6 Å². The molecule has 0 spiro atoms. The summed E-state index contributed by atoms with van der Waals surface area (Å²) < 4.78 is 13.0. The minimum atomic E-state index is -0.0173. The molecule has 4 aromatic rings.